The molecule has 0 aliphatic carbocycles. The largest absolute Gasteiger partial charge is 0.465 e. The number of H-pyrrole nitrogens is 4. The molecule has 280 valence electrons. The summed E-state index contributed by atoms with van der Waals surface area (Å²) in [4.78, 5) is 61.9. The Labute approximate surface area is 317 Å². The van der Waals surface area contributed by atoms with Gasteiger partial charge in [-0.2, -0.15) is 0 Å². The van der Waals surface area contributed by atoms with Gasteiger partial charge in [0.15, 0.2) is 6.29 Å². The minimum atomic E-state index is -0.481. The van der Waals surface area contributed by atoms with Gasteiger partial charge in [-0.15, -0.1) is 0 Å². The van der Waals surface area contributed by atoms with Crippen LogP contribution in [0.5, 0.6) is 0 Å². The molecule has 0 radical (unpaired) electrons. The predicted octanol–water partition coefficient (Wildman–Crippen LogP) is 6.87. The van der Waals surface area contributed by atoms with Crippen molar-refractivity contribution in [3.05, 3.63) is 108 Å². The molecule has 9 heterocycles. The molecule has 0 bridgehead atoms. The number of methoxy groups -OCH3 is 2. The third-order valence-electron chi connectivity index (χ3n) is 8.58. The number of anilines is 2. The van der Waals surface area contributed by atoms with Crippen LogP contribution in [0.2, 0.25) is 5.02 Å². The Morgan fingerprint density at radius 1 is 0.673 bits per heavy atom. The fourth-order valence-electron chi connectivity index (χ4n) is 5.95. The zero-order valence-corrected chi connectivity index (χ0v) is 31.1. The summed E-state index contributed by atoms with van der Waals surface area (Å²) in [6.45, 7) is 0. The van der Waals surface area contributed by atoms with Gasteiger partial charge in [0.1, 0.15) is 28.2 Å². The molecule has 6 N–H and O–H groups in total. The molecule has 0 atom stereocenters. The maximum absolute atomic E-state index is 11.4. The third-order valence-corrected chi connectivity index (χ3v) is 8.99. The van der Waals surface area contributed by atoms with Gasteiger partial charge in [0.25, 0.3) is 0 Å². The highest BCUT2D eigenvalue weighted by Crippen LogP contribution is 2.27. The smallest absolute Gasteiger partial charge is 0.341 e. The van der Waals surface area contributed by atoms with E-state index in [1.165, 1.54) is 42.9 Å². The number of aldehydes is 1. The van der Waals surface area contributed by atoms with Gasteiger partial charge in [0.2, 0.25) is 0 Å². The second-order valence-electron chi connectivity index (χ2n) is 11.7. The minimum absolute atomic E-state index is 0.279. The van der Waals surface area contributed by atoms with Crippen LogP contribution in [0.25, 0.3) is 55.0 Å². The highest BCUT2D eigenvalue weighted by Gasteiger charge is 2.16. The molecule has 0 aliphatic heterocycles. The number of nitrogens with zero attached hydrogens (tertiary/aromatic N) is 5. The minimum Gasteiger partial charge on any atom is -0.465 e. The first-order valence-electron chi connectivity index (χ1n) is 16.6. The molecule has 9 aromatic heterocycles. The molecule has 0 unspecified atom stereocenters. The van der Waals surface area contributed by atoms with Gasteiger partial charge in [0, 0.05) is 104 Å². The van der Waals surface area contributed by atoms with Crippen molar-refractivity contribution in [2.24, 2.45) is 7.05 Å². The lowest BCUT2D eigenvalue weighted by atomic mass is 10.2. The molecule has 0 fully saturated rings. The summed E-state index contributed by atoms with van der Waals surface area (Å²) in [6.07, 6.45) is 16.4. The fraction of sp³-hybridized carbons (Fsp3) is 0.132. The molecule has 9 aromatic rings. The van der Waals surface area contributed by atoms with E-state index < -0.39 is 11.9 Å². The third kappa shape index (κ3) is 7.51. The first-order valence-corrected chi connectivity index (χ1v) is 17.0. The lowest BCUT2D eigenvalue weighted by molar-refractivity contribution is 0.0592. The fourth-order valence-corrected chi connectivity index (χ4v) is 6.23. The van der Waals surface area contributed by atoms with Crippen LogP contribution in [-0.4, -0.2) is 91.0 Å². The number of fused-ring (bicyclic) bond motifs is 6. The molecular formula is C38H36ClN11O5. The topological polar surface area (TPSA) is 213 Å². The summed E-state index contributed by atoms with van der Waals surface area (Å²) < 4.78 is 11.4. The molecule has 0 spiro atoms. The monoisotopic (exact) mass is 761 g/mol. The Morgan fingerprint density at radius 2 is 1.15 bits per heavy atom. The lowest BCUT2D eigenvalue weighted by Gasteiger charge is -2.07. The molecule has 0 saturated heterocycles. The van der Waals surface area contributed by atoms with E-state index >= 15 is 0 Å². The van der Waals surface area contributed by atoms with E-state index in [1.807, 2.05) is 24.5 Å². The van der Waals surface area contributed by atoms with Crippen molar-refractivity contribution in [1.29, 1.82) is 0 Å². The van der Waals surface area contributed by atoms with Crippen molar-refractivity contribution in [3.8, 4) is 0 Å². The van der Waals surface area contributed by atoms with Gasteiger partial charge < -0.3 is 44.6 Å². The van der Waals surface area contributed by atoms with Crippen molar-refractivity contribution >= 4 is 96.2 Å². The molecule has 0 aliphatic rings. The number of aromatic nitrogens is 9. The molecule has 0 aromatic carbocycles. The molecular weight excluding hydrogens is 726 g/mol. The van der Waals surface area contributed by atoms with Crippen LogP contribution in [0.4, 0.5) is 11.4 Å². The van der Waals surface area contributed by atoms with Crippen molar-refractivity contribution in [2.45, 2.75) is 0 Å². The Bertz CT molecular complexity index is 2780. The van der Waals surface area contributed by atoms with Crippen molar-refractivity contribution < 1.29 is 23.9 Å². The predicted molar refractivity (Wildman–Crippen MR) is 213 cm³/mol. The van der Waals surface area contributed by atoms with Gasteiger partial charge >= 0.3 is 11.9 Å². The summed E-state index contributed by atoms with van der Waals surface area (Å²) in [5.41, 5.74) is 7.22. The molecule has 55 heavy (non-hydrogen) atoms. The first kappa shape index (κ1) is 37.6. The quantitative estimate of drug-likeness (QED) is 0.0787. The maximum atomic E-state index is 11.4. The van der Waals surface area contributed by atoms with Crippen molar-refractivity contribution in [1.82, 2.24) is 44.4 Å². The Morgan fingerprint density at radius 3 is 1.73 bits per heavy atom. The average molecular weight is 762 g/mol. The van der Waals surface area contributed by atoms with Crippen LogP contribution in [-0.2, 0) is 16.5 Å². The number of esters is 2. The van der Waals surface area contributed by atoms with Gasteiger partial charge in [0.05, 0.1) is 47.3 Å². The number of hydrogen-bond donors (Lipinski definition) is 6. The first-order chi connectivity index (χ1) is 26.7. The number of aromatic amines is 4. The average Bonchev–Trinajstić information content (AvgIpc) is 4.07. The number of nitrogens with one attached hydrogen (secondary N) is 6. The van der Waals surface area contributed by atoms with Gasteiger partial charge in [-0.3, -0.25) is 4.79 Å². The lowest BCUT2D eigenvalue weighted by Crippen LogP contribution is -2.06. The van der Waals surface area contributed by atoms with Crippen LogP contribution in [0.1, 0.15) is 31.1 Å². The van der Waals surface area contributed by atoms with E-state index in [9.17, 15) is 14.4 Å². The summed E-state index contributed by atoms with van der Waals surface area (Å²) >= 11 is 6.00. The molecule has 0 saturated carbocycles. The summed E-state index contributed by atoms with van der Waals surface area (Å²) in [7, 11) is 8.25. The summed E-state index contributed by atoms with van der Waals surface area (Å²) in [5, 5.41) is 11.2. The second kappa shape index (κ2) is 16.6. The van der Waals surface area contributed by atoms with Crippen LogP contribution in [0.3, 0.4) is 0 Å². The summed E-state index contributed by atoms with van der Waals surface area (Å²) in [5.74, 6) is -0.874. The summed E-state index contributed by atoms with van der Waals surface area (Å²) in [6, 6.07) is 9.65. The van der Waals surface area contributed by atoms with Crippen molar-refractivity contribution in [2.75, 3.05) is 38.9 Å². The van der Waals surface area contributed by atoms with E-state index in [0.29, 0.717) is 21.8 Å². The molecule has 0 amide bonds. The highest BCUT2D eigenvalue weighted by atomic mass is 35.5. The number of rotatable bonds is 5. The number of carbonyl (C=O) groups excluding carboxylic acids is 3. The zero-order valence-electron chi connectivity index (χ0n) is 30.3. The SMILES string of the molecule is CNc1c(C(=O)OC)cnc2[nH]ccc12.CNc1c(C=O)cnc2[nH]ccc12.COC(=O)c1cnc2[nH]ccc2c1Cl.Cn1ccc2cnc3[nH]ccc3c21. The van der Waals surface area contributed by atoms with E-state index in [4.69, 9.17) is 11.6 Å². The second-order valence-corrected chi connectivity index (χ2v) is 12.0. The van der Waals surface area contributed by atoms with Crippen molar-refractivity contribution in [3.63, 3.8) is 0 Å². The number of aryl methyl sites for hydroxylation is 1. The van der Waals surface area contributed by atoms with E-state index in [-0.39, 0.29) is 5.56 Å². The normalized spacial score (nSPS) is 10.6. The van der Waals surface area contributed by atoms with Gasteiger partial charge in [-0.1, -0.05) is 11.6 Å². The molecule has 17 heteroatoms. The van der Waals surface area contributed by atoms with Crippen LogP contribution < -0.4 is 10.6 Å². The number of ether oxygens (including phenoxy) is 2. The van der Waals surface area contributed by atoms with Gasteiger partial charge in [-0.05, 0) is 30.3 Å². The van der Waals surface area contributed by atoms with E-state index in [2.05, 4.69) is 89.9 Å². The maximum Gasteiger partial charge on any atom is 0.341 e. The Balaban J connectivity index is 0.000000125. The van der Waals surface area contributed by atoms with E-state index in [1.54, 1.807) is 44.9 Å². The van der Waals surface area contributed by atoms with E-state index in [0.717, 1.165) is 50.8 Å². The standard InChI is InChI=1S/C10H11N3O2.C10H9N3.C9H7ClN2O2.C9H9N3O/c1-11-8-6-3-4-12-9(6)13-5-7(8)10(14)15-2;1-13-5-3-7-6-12-10-8(9(7)13)2-4-11-10;1-14-9(13)6-4-12-8-5(7(6)10)2-3-11-8;1-10-8-6(5-13)4-12-9-7(8)2-3-11-9/h3-5H,1-2H3,(H2,11,12,13);2-6H,1H3,(H,11,12);2-4H,1H3,(H,11,12);2-5H,1H3,(H2,10,11,12). The van der Waals surface area contributed by atoms with Gasteiger partial charge in [-0.25, -0.2) is 29.5 Å². The molecule has 9 rings (SSSR count). The number of halogens is 1. The number of pyridine rings is 4. The van der Waals surface area contributed by atoms with Crippen LogP contribution in [0.15, 0.2) is 86.1 Å². The number of hydrogen-bond acceptors (Lipinski definition) is 11. The Hall–Kier alpha value is -7.20. The molecule has 16 nitrogen and oxygen atoms in total. The highest BCUT2D eigenvalue weighted by molar-refractivity contribution is 6.38. The number of carbonyl (C=O) groups is 3. The van der Waals surface area contributed by atoms with Crippen LogP contribution >= 0.6 is 11.6 Å². The van der Waals surface area contributed by atoms with Crippen LogP contribution in [0, 0.1) is 0 Å². The Kier molecular flexibility index (Phi) is 11.4. The zero-order chi connectivity index (χ0) is 39.1.